The van der Waals surface area contributed by atoms with E-state index in [4.69, 9.17) is 10.5 Å². The van der Waals surface area contributed by atoms with E-state index in [2.05, 4.69) is 5.10 Å². The van der Waals surface area contributed by atoms with Gasteiger partial charge in [-0.3, -0.25) is 9.48 Å². The molecule has 0 aliphatic carbocycles. The minimum atomic E-state index is -0.371. The molecule has 112 valence electrons. The number of aryl methyl sites for hydroxylation is 2. The number of hydrogen-bond acceptors (Lipinski definition) is 4. The third-order valence-electron chi connectivity index (χ3n) is 3.54. The zero-order valence-electron chi connectivity index (χ0n) is 12.7. The number of carbonyl (C=O) groups is 1. The Hall–Kier alpha value is -1.40. The lowest BCUT2D eigenvalue weighted by Crippen LogP contribution is -2.56. The fourth-order valence-electron chi connectivity index (χ4n) is 2.63. The fourth-order valence-corrected chi connectivity index (χ4v) is 2.63. The maximum atomic E-state index is 12.7. The third-order valence-corrected chi connectivity index (χ3v) is 3.54. The van der Waals surface area contributed by atoms with Crippen molar-refractivity contribution in [3.05, 3.63) is 17.5 Å². The molecule has 0 saturated carbocycles. The van der Waals surface area contributed by atoms with Crippen LogP contribution in [0.5, 0.6) is 0 Å². The van der Waals surface area contributed by atoms with Crippen molar-refractivity contribution < 1.29 is 9.53 Å². The number of rotatable bonds is 3. The van der Waals surface area contributed by atoms with Gasteiger partial charge in [0, 0.05) is 26.7 Å². The maximum absolute atomic E-state index is 12.7. The first kappa shape index (κ1) is 15.0. The van der Waals surface area contributed by atoms with Crippen molar-refractivity contribution in [2.75, 3.05) is 19.6 Å². The molecule has 6 nitrogen and oxygen atoms in total. The van der Waals surface area contributed by atoms with Crippen LogP contribution in [0.3, 0.4) is 0 Å². The highest BCUT2D eigenvalue weighted by Gasteiger charge is 2.36. The summed E-state index contributed by atoms with van der Waals surface area (Å²) in [5, 5.41) is 4.33. The van der Waals surface area contributed by atoms with Crippen LogP contribution in [0.25, 0.3) is 0 Å². The van der Waals surface area contributed by atoms with Gasteiger partial charge in [-0.15, -0.1) is 0 Å². The minimum absolute atomic E-state index is 0.00507. The van der Waals surface area contributed by atoms with Crippen LogP contribution in [0, 0.1) is 0 Å². The number of nitrogens with two attached hydrogens (primary N) is 1. The van der Waals surface area contributed by atoms with E-state index < -0.39 is 0 Å². The van der Waals surface area contributed by atoms with Crippen molar-refractivity contribution >= 4 is 5.91 Å². The second-order valence-corrected chi connectivity index (χ2v) is 5.92. The van der Waals surface area contributed by atoms with Gasteiger partial charge in [-0.2, -0.15) is 5.10 Å². The first-order valence-electron chi connectivity index (χ1n) is 7.06. The number of amides is 1. The predicted octanol–water partition coefficient (Wildman–Crippen LogP) is 0.561. The minimum Gasteiger partial charge on any atom is -0.367 e. The smallest absolute Gasteiger partial charge is 0.272 e. The van der Waals surface area contributed by atoms with E-state index >= 15 is 0 Å². The number of carbonyl (C=O) groups excluding carboxylic acids is 1. The van der Waals surface area contributed by atoms with Gasteiger partial charge < -0.3 is 15.4 Å². The van der Waals surface area contributed by atoms with Gasteiger partial charge >= 0.3 is 0 Å². The lowest BCUT2D eigenvalue weighted by atomic mass is 10.0. The molecule has 2 rings (SSSR count). The molecule has 1 saturated heterocycles. The van der Waals surface area contributed by atoms with Gasteiger partial charge in [0.1, 0.15) is 5.69 Å². The molecule has 1 unspecified atom stereocenters. The predicted molar refractivity (Wildman–Crippen MR) is 76.5 cm³/mol. The molecule has 1 fully saturated rings. The van der Waals surface area contributed by atoms with E-state index in [1.165, 1.54) is 0 Å². The molecule has 1 aliphatic rings. The highest BCUT2D eigenvalue weighted by molar-refractivity contribution is 5.92. The van der Waals surface area contributed by atoms with Gasteiger partial charge in [-0.25, -0.2) is 0 Å². The average molecular weight is 280 g/mol. The lowest BCUT2D eigenvalue weighted by Gasteiger charge is -2.42. The normalized spacial score (nSPS) is 22.1. The van der Waals surface area contributed by atoms with Crippen LogP contribution in [0.1, 0.15) is 37.0 Å². The Bertz CT molecular complexity index is 495. The molecule has 1 amide bonds. The molecule has 20 heavy (non-hydrogen) atoms. The topological polar surface area (TPSA) is 73.4 Å². The molecule has 1 atom stereocenters. The third kappa shape index (κ3) is 3.02. The van der Waals surface area contributed by atoms with E-state index in [9.17, 15) is 4.79 Å². The monoisotopic (exact) mass is 280 g/mol. The Balaban J connectivity index is 2.21. The van der Waals surface area contributed by atoms with E-state index in [1.54, 1.807) is 11.7 Å². The van der Waals surface area contributed by atoms with Crippen molar-refractivity contribution in [1.82, 2.24) is 14.7 Å². The highest BCUT2D eigenvalue weighted by atomic mass is 16.5. The van der Waals surface area contributed by atoms with E-state index in [0.29, 0.717) is 25.3 Å². The largest absolute Gasteiger partial charge is 0.367 e. The molecule has 0 bridgehead atoms. The number of ether oxygens (including phenoxy) is 1. The molecule has 0 aromatic carbocycles. The molecule has 2 N–H and O–H groups in total. The van der Waals surface area contributed by atoms with Crippen LogP contribution in [0.15, 0.2) is 6.07 Å². The second-order valence-electron chi connectivity index (χ2n) is 5.92. The van der Waals surface area contributed by atoms with Gasteiger partial charge in [0.25, 0.3) is 5.91 Å². The Labute approximate surface area is 119 Å². The number of nitrogens with zero attached hydrogens (tertiary/aromatic N) is 3. The Kier molecular flexibility index (Phi) is 4.15. The summed E-state index contributed by atoms with van der Waals surface area (Å²) in [4.78, 5) is 14.5. The summed E-state index contributed by atoms with van der Waals surface area (Å²) in [7, 11) is 1.80. The van der Waals surface area contributed by atoms with E-state index in [-0.39, 0.29) is 17.6 Å². The molecule has 0 spiro atoms. The van der Waals surface area contributed by atoms with Crippen molar-refractivity contribution in [3.63, 3.8) is 0 Å². The van der Waals surface area contributed by atoms with Gasteiger partial charge in [0.2, 0.25) is 0 Å². The van der Waals surface area contributed by atoms with Gasteiger partial charge in [0.05, 0.1) is 17.4 Å². The average Bonchev–Trinajstić information content (AvgIpc) is 2.77. The number of morpholine rings is 1. The van der Waals surface area contributed by atoms with Crippen molar-refractivity contribution in [2.24, 2.45) is 12.8 Å². The SMILES string of the molecule is CCc1cc(C(=O)N2CC(CN)OC(C)(C)C2)n(C)n1. The van der Waals surface area contributed by atoms with Crippen LogP contribution < -0.4 is 5.73 Å². The molecule has 1 aliphatic heterocycles. The summed E-state index contributed by atoms with van der Waals surface area (Å²) in [6.45, 7) is 7.50. The van der Waals surface area contributed by atoms with Crippen LogP contribution in [-0.2, 0) is 18.2 Å². The summed E-state index contributed by atoms with van der Waals surface area (Å²) < 4.78 is 7.51. The number of hydrogen-bond donors (Lipinski definition) is 1. The molecule has 6 heteroatoms. The van der Waals surface area contributed by atoms with Crippen LogP contribution in [0.4, 0.5) is 0 Å². The summed E-state index contributed by atoms with van der Waals surface area (Å²) in [6, 6.07) is 1.86. The molecular weight excluding hydrogens is 256 g/mol. The second kappa shape index (κ2) is 5.54. The fraction of sp³-hybridized carbons (Fsp3) is 0.714. The lowest BCUT2D eigenvalue weighted by molar-refractivity contribution is -0.122. The van der Waals surface area contributed by atoms with E-state index in [1.807, 2.05) is 31.7 Å². The van der Waals surface area contributed by atoms with Gasteiger partial charge in [0.15, 0.2) is 0 Å². The quantitative estimate of drug-likeness (QED) is 0.878. The molecule has 1 aromatic rings. The van der Waals surface area contributed by atoms with Crippen molar-refractivity contribution in [3.8, 4) is 0 Å². The zero-order valence-corrected chi connectivity index (χ0v) is 12.7. The molecular formula is C14H24N4O2. The summed E-state index contributed by atoms with van der Waals surface area (Å²) in [5.41, 5.74) is 6.88. The van der Waals surface area contributed by atoms with Gasteiger partial charge in [-0.1, -0.05) is 6.92 Å². The Morgan fingerprint density at radius 1 is 1.60 bits per heavy atom. The summed E-state index contributed by atoms with van der Waals surface area (Å²) in [6.07, 6.45) is 0.711. The standard InChI is InChI=1S/C14H24N4O2/c1-5-10-6-12(17(4)16-10)13(19)18-8-11(7-15)20-14(2,3)9-18/h6,11H,5,7-9,15H2,1-4H3. The maximum Gasteiger partial charge on any atom is 0.272 e. The van der Waals surface area contributed by atoms with Crippen LogP contribution >= 0.6 is 0 Å². The number of aromatic nitrogens is 2. The first-order valence-corrected chi connectivity index (χ1v) is 7.06. The van der Waals surface area contributed by atoms with Crippen LogP contribution in [0.2, 0.25) is 0 Å². The van der Waals surface area contributed by atoms with E-state index in [0.717, 1.165) is 12.1 Å². The first-order chi connectivity index (χ1) is 9.36. The molecule has 0 radical (unpaired) electrons. The van der Waals surface area contributed by atoms with Gasteiger partial charge in [-0.05, 0) is 26.3 Å². The highest BCUT2D eigenvalue weighted by Crippen LogP contribution is 2.22. The molecule has 2 heterocycles. The zero-order chi connectivity index (χ0) is 14.9. The Morgan fingerprint density at radius 2 is 2.30 bits per heavy atom. The van der Waals surface area contributed by atoms with Crippen molar-refractivity contribution in [2.45, 2.75) is 38.9 Å². The Morgan fingerprint density at radius 3 is 2.85 bits per heavy atom. The summed E-state index contributed by atoms with van der Waals surface area (Å²) >= 11 is 0. The molecule has 1 aromatic heterocycles. The summed E-state index contributed by atoms with van der Waals surface area (Å²) in [5.74, 6) is -0.00507. The van der Waals surface area contributed by atoms with Crippen molar-refractivity contribution in [1.29, 1.82) is 0 Å². The van der Waals surface area contributed by atoms with Crippen LogP contribution in [-0.4, -0.2) is 51.9 Å².